The number of aryl methyl sites for hydroxylation is 3. The Kier molecular flexibility index (Phi) is 8.97. The van der Waals surface area contributed by atoms with E-state index in [1.165, 1.54) is 22.3 Å². The Morgan fingerprint density at radius 2 is 1.37 bits per heavy atom. The molecule has 4 heterocycles. The Morgan fingerprint density at radius 3 is 2.20 bits per heavy atom. The Hall–Kier alpha value is -5.35. The fourth-order valence-corrected chi connectivity index (χ4v) is 6.20. The molecule has 1 radical (unpaired) electrons. The molecule has 4 nitrogen and oxygen atoms in total. The van der Waals surface area contributed by atoms with Crippen LogP contribution in [0.1, 0.15) is 27.8 Å². The molecule has 0 saturated carbocycles. The van der Waals surface area contributed by atoms with Crippen molar-refractivity contribution in [3.8, 4) is 22.5 Å². The summed E-state index contributed by atoms with van der Waals surface area (Å²) in [7, 11) is 0. The van der Waals surface area contributed by atoms with Gasteiger partial charge in [0.1, 0.15) is 11.2 Å². The number of pyridine rings is 2. The quantitative estimate of drug-likeness (QED) is 0.166. The second-order valence-electron chi connectivity index (χ2n) is 12.4. The Labute approximate surface area is 298 Å². The predicted octanol–water partition coefficient (Wildman–Crippen LogP) is 11.4. The molecule has 5 aromatic carbocycles. The van der Waals surface area contributed by atoms with Gasteiger partial charge in [-0.15, -0.1) is 42.0 Å². The first kappa shape index (κ1) is 32.2. The molecule has 0 amide bonds. The van der Waals surface area contributed by atoms with Crippen LogP contribution in [0.3, 0.4) is 0 Å². The minimum atomic E-state index is 0. The minimum Gasteiger partial charge on any atom is -0.501 e. The van der Waals surface area contributed by atoms with Gasteiger partial charge in [-0.1, -0.05) is 88.6 Å². The maximum atomic E-state index is 6.08. The molecule has 0 fully saturated rings. The summed E-state index contributed by atoms with van der Waals surface area (Å²) in [4.78, 5) is 9.07. The monoisotopic (exact) mass is 813 g/mol. The number of benzene rings is 5. The zero-order chi connectivity index (χ0) is 32.6. The first-order valence-electron chi connectivity index (χ1n) is 16.1. The standard InChI is InChI=1S/C25H18NO.C19H14NO.Ir/c1-17-7-9-24-21(13-17)22-16-20(8-10-25(22)27-24)23-15-19(11-12-26-23)14-18-5-3-2-4-6-18;1-12-6-8-14-15-4-3-5-16(19(15)21-18(14)10-12)17-9-7-13(2)11-20-17;/h2-7,9-13,15-16H,14H2,1H3;3-4,6-11H,1-2H3;/q2*-1;. The molecule has 4 aromatic heterocycles. The van der Waals surface area contributed by atoms with Crippen LogP contribution in [0.25, 0.3) is 66.4 Å². The normalized spacial score (nSPS) is 11.1. The number of hydrogen-bond acceptors (Lipinski definition) is 4. The van der Waals surface area contributed by atoms with Crippen LogP contribution in [0.15, 0.2) is 136 Å². The van der Waals surface area contributed by atoms with E-state index in [9.17, 15) is 0 Å². The molecule has 49 heavy (non-hydrogen) atoms. The van der Waals surface area contributed by atoms with Crippen LogP contribution in [0.2, 0.25) is 0 Å². The van der Waals surface area contributed by atoms with E-state index < -0.39 is 0 Å². The van der Waals surface area contributed by atoms with Crippen molar-refractivity contribution in [1.29, 1.82) is 0 Å². The molecule has 9 rings (SSSR count). The van der Waals surface area contributed by atoms with Gasteiger partial charge >= 0.3 is 0 Å². The Morgan fingerprint density at radius 1 is 0.571 bits per heavy atom. The summed E-state index contributed by atoms with van der Waals surface area (Å²) in [5.74, 6) is 0. The molecule has 0 bridgehead atoms. The zero-order valence-electron chi connectivity index (χ0n) is 27.4. The first-order chi connectivity index (χ1) is 23.5. The van der Waals surface area contributed by atoms with Gasteiger partial charge in [-0.2, -0.15) is 0 Å². The molecule has 0 unspecified atom stereocenters. The average molecular weight is 813 g/mol. The predicted molar refractivity (Wildman–Crippen MR) is 195 cm³/mol. The van der Waals surface area contributed by atoms with Crippen molar-refractivity contribution in [1.82, 2.24) is 9.97 Å². The van der Waals surface area contributed by atoms with E-state index in [1.807, 2.05) is 55.7 Å². The topological polar surface area (TPSA) is 52.1 Å². The van der Waals surface area contributed by atoms with Crippen molar-refractivity contribution in [2.45, 2.75) is 27.2 Å². The smallest absolute Gasteiger partial charge is 0.121 e. The second kappa shape index (κ2) is 13.6. The third-order valence-corrected chi connectivity index (χ3v) is 8.67. The fraction of sp³-hybridized carbons (Fsp3) is 0.0909. The van der Waals surface area contributed by atoms with Gasteiger partial charge in [0.15, 0.2) is 0 Å². The number of aromatic nitrogens is 2. The summed E-state index contributed by atoms with van der Waals surface area (Å²) in [6.45, 7) is 6.20. The molecular weight excluding hydrogens is 781 g/mol. The van der Waals surface area contributed by atoms with Crippen LogP contribution in [-0.2, 0) is 26.5 Å². The van der Waals surface area contributed by atoms with E-state index in [1.54, 1.807) is 0 Å². The molecule has 0 N–H and O–H groups in total. The van der Waals surface area contributed by atoms with E-state index in [4.69, 9.17) is 8.83 Å². The van der Waals surface area contributed by atoms with Gasteiger partial charge in [0.25, 0.3) is 0 Å². The Bertz CT molecular complexity index is 2570. The molecule has 0 aliphatic rings. The van der Waals surface area contributed by atoms with Crippen molar-refractivity contribution in [2.24, 2.45) is 0 Å². The summed E-state index contributed by atoms with van der Waals surface area (Å²) in [5.41, 5.74) is 13.4. The molecule has 5 heteroatoms. The third-order valence-electron chi connectivity index (χ3n) is 8.67. The van der Waals surface area contributed by atoms with Crippen LogP contribution in [0.5, 0.6) is 0 Å². The van der Waals surface area contributed by atoms with Gasteiger partial charge in [0.05, 0.1) is 11.2 Å². The largest absolute Gasteiger partial charge is 0.501 e. The first-order valence-corrected chi connectivity index (χ1v) is 16.1. The molecule has 241 valence electrons. The van der Waals surface area contributed by atoms with Gasteiger partial charge in [-0.05, 0) is 85.1 Å². The number of furan rings is 2. The minimum absolute atomic E-state index is 0. The van der Waals surface area contributed by atoms with Gasteiger partial charge in [-0.25, -0.2) is 0 Å². The maximum absolute atomic E-state index is 6.08. The van der Waals surface area contributed by atoms with Crippen molar-refractivity contribution < 1.29 is 28.9 Å². The van der Waals surface area contributed by atoms with Gasteiger partial charge in [0, 0.05) is 43.3 Å². The average Bonchev–Trinajstić information content (AvgIpc) is 3.66. The van der Waals surface area contributed by atoms with Crippen LogP contribution in [-0.4, -0.2) is 9.97 Å². The van der Waals surface area contributed by atoms with Crippen molar-refractivity contribution in [3.63, 3.8) is 0 Å². The maximum Gasteiger partial charge on any atom is 0.121 e. The summed E-state index contributed by atoms with van der Waals surface area (Å²) >= 11 is 0. The molecule has 0 spiro atoms. The van der Waals surface area contributed by atoms with Crippen molar-refractivity contribution in [3.05, 3.63) is 168 Å². The van der Waals surface area contributed by atoms with Crippen LogP contribution < -0.4 is 0 Å². The Balaban J connectivity index is 0.000000156. The number of fused-ring (bicyclic) bond motifs is 6. The SMILES string of the molecule is Cc1ccc(-c2[c-]ccc3c2oc2cc(C)ccc23)nc1.Cc1ccc2oc3c[c-]c(-c4cc(Cc5ccccc5)ccn4)cc3c2c1.[Ir]. The van der Waals surface area contributed by atoms with Crippen LogP contribution >= 0.6 is 0 Å². The van der Waals surface area contributed by atoms with E-state index in [0.717, 1.165) is 78.4 Å². The zero-order valence-corrected chi connectivity index (χ0v) is 29.8. The molecule has 9 aromatic rings. The van der Waals surface area contributed by atoms with E-state index in [2.05, 4.69) is 115 Å². The van der Waals surface area contributed by atoms with E-state index >= 15 is 0 Å². The van der Waals surface area contributed by atoms with Gasteiger partial charge in [0.2, 0.25) is 0 Å². The number of rotatable bonds is 4. The molecule has 0 saturated heterocycles. The van der Waals surface area contributed by atoms with Crippen molar-refractivity contribution >= 4 is 43.9 Å². The van der Waals surface area contributed by atoms with Gasteiger partial charge < -0.3 is 18.8 Å². The van der Waals surface area contributed by atoms with Gasteiger partial charge in [-0.3, -0.25) is 0 Å². The second-order valence-corrected chi connectivity index (χ2v) is 12.4. The third kappa shape index (κ3) is 6.56. The fourth-order valence-electron chi connectivity index (χ4n) is 6.20. The molecular formula is C44H32IrN2O2-2. The van der Waals surface area contributed by atoms with Crippen molar-refractivity contribution in [2.75, 3.05) is 0 Å². The van der Waals surface area contributed by atoms with Crippen LogP contribution in [0.4, 0.5) is 0 Å². The number of nitrogens with zero attached hydrogens (tertiary/aromatic N) is 2. The summed E-state index contributed by atoms with van der Waals surface area (Å²) in [5, 5.41) is 4.50. The van der Waals surface area contributed by atoms with E-state index in [-0.39, 0.29) is 20.1 Å². The molecule has 0 atom stereocenters. The molecule has 0 aliphatic heterocycles. The summed E-state index contributed by atoms with van der Waals surface area (Å²) < 4.78 is 12.0. The summed E-state index contributed by atoms with van der Waals surface area (Å²) in [6, 6.07) is 46.0. The van der Waals surface area contributed by atoms with E-state index in [0.29, 0.717) is 0 Å². The number of hydrogen-bond donors (Lipinski definition) is 0. The summed E-state index contributed by atoms with van der Waals surface area (Å²) in [6.07, 6.45) is 4.64. The van der Waals surface area contributed by atoms with Crippen LogP contribution in [0, 0.1) is 32.9 Å². The molecule has 0 aliphatic carbocycles.